The molecule has 2 rings (SSSR count). The van der Waals surface area contributed by atoms with E-state index in [4.69, 9.17) is 4.74 Å². The van der Waals surface area contributed by atoms with E-state index in [9.17, 15) is 35.5 Å². The Balaban J connectivity index is 2.10. The van der Waals surface area contributed by atoms with Crippen molar-refractivity contribution in [3.05, 3.63) is 58.2 Å². The Kier molecular flexibility index (Phi) is 7.47. The number of hydrogen-bond donors (Lipinski definition) is 1. The molecule has 0 aliphatic carbocycles. The largest absolute Gasteiger partial charge is 0.493 e. The molecule has 32 heavy (non-hydrogen) atoms. The van der Waals surface area contributed by atoms with E-state index in [1.807, 2.05) is 32.0 Å². The van der Waals surface area contributed by atoms with Crippen LogP contribution in [-0.2, 0) is 11.0 Å². The molecule has 0 saturated heterocycles. The maximum Gasteiger partial charge on any atom is 0.422 e. The first kappa shape index (κ1) is 25.5. The predicted octanol–water partition coefficient (Wildman–Crippen LogP) is 6.70. The van der Waals surface area contributed by atoms with Crippen molar-refractivity contribution in [2.75, 3.05) is 11.9 Å². The van der Waals surface area contributed by atoms with Crippen LogP contribution in [0.5, 0.6) is 5.75 Å². The van der Waals surface area contributed by atoms with Gasteiger partial charge in [-0.3, -0.25) is 4.79 Å². The predicted molar refractivity (Wildman–Crippen MR) is 104 cm³/mol. The fourth-order valence-electron chi connectivity index (χ4n) is 2.95. The van der Waals surface area contributed by atoms with E-state index in [1.165, 1.54) is 13.8 Å². The standard InChI is InChI=1S/C22H22F7NO2/c1-11-6-7-12(2)13(10-11)32-9-5-8-21(3,4)20(31)30-19-17(25)15(23)14(22(27,28)29)16(24)18(19)26/h6-7,10H,5,8-9H2,1-4H3,(H,30,31). The molecular weight excluding hydrogens is 443 g/mol. The highest BCUT2D eigenvalue weighted by molar-refractivity contribution is 5.95. The van der Waals surface area contributed by atoms with Gasteiger partial charge in [0, 0.05) is 5.41 Å². The molecule has 0 unspecified atom stereocenters. The summed E-state index contributed by atoms with van der Waals surface area (Å²) >= 11 is 0. The van der Waals surface area contributed by atoms with Crippen LogP contribution in [0.2, 0.25) is 0 Å². The number of anilines is 1. The van der Waals surface area contributed by atoms with Gasteiger partial charge in [-0.15, -0.1) is 0 Å². The summed E-state index contributed by atoms with van der Waals surface area (Å²) in [5, 5.41) is 1.68. The highest BCUT2D eigenvalue weighted by Crippen LogP contribution is 2.39. The highest BCUT2D eigenvalue weighted by atomic mass is 19.4. The molecule has 0 atom stereocenters. The second kappa shape index (κ2) is 9.38. The zero-order chi connectivity index (χ0) is 24.4. The van der Waals surface area contributed by atoms with Crippen LogP contribution in [0.25, 0.3) is 0 Å². The van der Waals surface area contributed by atoms with Crippen LogP contribution < -0.4 is 10.1 Å². The molecule has 0 spiro atoms. The molecule has 0 radical (unpaired) electrons. The Hall–Kier alpha value is -2.78. The third-order valence-electron chi connectivity index (χ3n) is 4.95. The number of halogens is 7. The quantitative estimate of drug-likeness (QED) is 0.281. The Morgan fingerprint density at radius 2 is 1.53 bits per heavy atom. The van der Waals surface area contributed by atoms with Gasteiger partial charge >= 0.3 is 6.18 Å². The molecule has 0 bridgehead atoms. The van der Waals surface area contributed by atoms with Gasteiger partial charge in [-0.25, -0.2) is 17.6 Å². The summed E-state index contributed by atoms with van der Waals surface area (Å²) in [6.45, 7) is 6.79. The average Bonchev–Trinajstić information content (AvgIpc) is 2.68. The maximum absolute atomic E-state index is 14.0. The van der Waals surface area contributed by atoms with Crippen LogP contribution in [0.3, 0.4) is 0 Å². The first-order valence-electron chi connectivity index (χ1n) is 9.61. The summed E-state index contributed by atoms with van der Waals surface area (Å²) < 4.78 is 99.3. The number of benzene rings is 2. The maximum atomic E-state index is 14.0. The topological polar surface area (TPSA) is 38.3 Å². The van der Waals surface area contributed by atoms with Gasteiger partial charge in [0.05, 0.1) is 6.61 Å². The summed E-state index contributed by atoms with van der Waals surface area (Å²) in [6.07, 6.45) is -5.17. The van der Waals surface area contributed by atoms with Gasteiger partial charge in [-0.1, -0.05) is 26.0 Å². The van der Waals surface area contributed by atoms with E-state index in [2.05, 4.69) is 0 Å². The van der Waals surface area contributed by atoms with Crippen molar-refractivity contribution < 1.29 is 40.3 Å². The lowest BCUT2D eigenvalue weighted by atomic mass is 9.86. The molecule has 176 valence electrons. The summed E-state index contributed by atoms with van der Waals surface area (Å²) in [5.41, 5.74) is -3.69. The lowest BCUT2D eigenvalue weighted by molar-refractivity contribution is -0.143. The van der Waals surface area contributed by atoms with Gasteiger partial charge < -0.3 is 10.1 Å². The molecule has 0 aromatic heterocycles. The molecule has 2 aromatic carbocycles. The number of aryl methyl sites for hydroxylation is 2. The molecule has 3 nitrogen and oxygen atoms in total. The van der Waals surface area contributed by atoms with Crippen LogP contribution in [0.15, 0.2) is 18.2 Å². The Bertz CT molecular complexity index is 987. The van der Waals surface area contributed by atoms with E-state index in [-0.39, 0.29) is 13.0 Å². The average molecular weight is 465 g/mol. The van der Waals surface area contributed by atoms with Crippen molar-refractivity contribution in [2.45, 2.75) is 46.7 Å². The number of nitrogens with one attached hydrogen (secondary N) is 1. The molecule has 1 N–H and O–H groups in total. The molecule has 0 aliphatic rings. The lowest BCUT2D eigenvalue weighted by Crippen LogP contribution is -2.32. The summed E-state index contributed by atoms with van der Waals surface area (Å²) in [5.74, 6) is -10.3. The molecule has 0 saturated carbocycles. The number of carbonyl (C=O) groups excluding carboxylic acids is 1. The molecule has 0 heterocycles. The van der Waals surface area contributed by atoms with Crippen molar-refractivity contribution >= 4 is 11.6 Å². The van der Waals surface area contributed by atoms with Gasteiger partial charge in [0.15, 0.2) is 23.3 Å². The smallest absolute Gasteiger partial charge is 0.422 e. The van der Waals surface area contributed by atoms with E-state index >= 15 is 0 Å². The van der Waals surface area contributed by atoms with Crippen molar-refractivity contribution in [2.24, 2.45) is 5.41 Å². The van der Waals surface area contributed by atoms with E-state index in [0.29, 0.717) is 12.2 Å². The summed E-state index contributed by atoms with van der Waals surface area (Å²) in [7, 11) is 0. The third-order valence-corrected chi connectivity index (χ3v) is 4.95. The SMILES string of the molecule is Cc1ccc(C)c(OCCCC(C)(C)C(=O)Nc2c(F)c(F)c(C(F)(F)F)c(F)c2F)c1. The minimum absolute atomic E-state index is 0.151. The Morgan fingerprint density at radius 1 is 0.969 bits per heavy atom. The zero-order valence-corrected chi connectivity index (χ0v) is 17.8. The number of carbonyl (C=O) groups is 1. The van der Waals surface area contributed by atoms with Gasteiger partial charge in [0.25, 0.3) is 0 Å². The molecule has 10 heteroatoms. The van der Waals surface area contributed by atoms with Crippen molar-refractivity contribution in [3.63, 3.8) is 0 Å². The number of amides is 1. The molecule has 1 amide bonds. The summed E-state index contributed by atoms with van der Waals surface area (Å²) in [6, 6.07) is 5.64. The molecule has 0 fully saturated rings. The Morgan fingerprint density at radius 3 is 2.06 bits per heavy atom. The lowest BCUT2D eigenvalue weighted by Gasteiger charge is -2.24. The van der Waals surface area contributed by atoms with Crippen LogP contribution in [0.1, 0.15) is 43.4 Å². The first-order chi connectivity index (χ1) is 14.7. The molecule has 2 aromatic rings. The van der Waals surface area contributed by atoms with E-state index < -0.39 is 52.0 Å². The monoisotopic (exact) mass is 465 g/mol. The second-order valence-corrected chi connectivity index (χ2v) is 8.06. The minimum Gasteiger partial charge on any atom is -0.493 e. The minimum atomic E-state index is -5.66. The highest BCUT2D eigenvalue weighted by Gasteiger charge is 2.43. The fraction of sp³-hybridized carbons (Fsp3) is 0.409. The third kappa shape index (κ3) is 5.52. The number of rotatable bonds is 7. The molecular formula is C22H22F7NO2. The van der Waals surface area contributed by atoms with Crippen LogP contribution in [-0.4, -0.2) is 12.5 Å². The Labute approximate surface area is 180 Å². The van der Waals surface area contributed by atoms with Crippen molar-refractivity contribution in [3.8, 4) is 5.75 Å². The number of hydrogen-bond acceptors (Lipinski definition) is 2. The van der Waals surface area contributed by atoms with Crippen LogP contribution in [0, 0.1) is 42.5 Å². The van der Waals surface area contributed by atoms with Gasteiger partial charge in [-0.2, -0.15) is 13.2 Å². The van der Waals surface area contributed by atoms with Crippen LogP contribution >= 0.6 is 0 Å². The molecule has 0 aliphatic heterocycles. The summed E-state index contributed by atoms with van der Waals surface area (Å²) in [4.78, 5) is 12.5. The zero-order valence-electron chi connectivity index (χ0n) is 17.8. The first-order valence-corrected chi connectivity index (χ1v) is 9.61. The van der Waals surface area contributed by atoms with Crippen molar-refractivity contribution in [1.82, 2.24) is 0 Å². The number of alkyl halides is 3. The van der Waals surface area contributed by atoms with Gasteiger partial charge in [0.2, 0.25) is 5.91 Å². The number of ether oxygens (including phenoxy) is 1. The fourth-order valence-corrected chi connectivity index (χ4v) is 2.95. The van der Waals surface area contributed by atoms with Gasteiger partial charge in [0.1, 0.15) is 17.0 Å². The van der Waals surface area contributed by atoms with Crippen molar-refractivity contribution in [1.29, 1.82) is 0 Å². The van der Waals surface area contributed by atoms with Crippen LogP contribution in [0.4, 0.5) is 36.4 Å². The van der Waals surface area contributed by atoms with E-state index in [0.717, 1.165) is 11.1 Å². The second-order valence-electron chi connectivity index (χ2n) is 8.06. The van der Waals surface area contributed by atoms with Gasteiger partial charge in [-0.05, 0) is 43.9 Å². The normalized spacial score (nSPS) is 12.1. The van der Waals surface area contributed by atoms with E-state index in [1.54, 1.807) is 5.32 Å².